The molecule has 0 fully saturated rings. The molecule has 5 heterocycles. The van der Waals surface area contributed by atoms with Crippen molar-refractivity contribution < 1.29 is 18.0 Å². The van der Waals surface area contributed by atoms with E-state index in [0.29, 0.717) is 35.4 Å². The number of fused-ring (bicyclic) bond motifs is 2. The lowest BCUT2D eigenvalue weighted by Gasteiger charge is -2.15. The minimum atomic E-state index is -4.70. The van der Waals surface area contributed by atoms with Gasteiger partial charge in [0.25, 0.3) is 0 Å². The minimum Gasteiger partial charge on any atom is -0.397 e. The smallest absolute Gasteiger partial charge is 0.397 e. The highest BCUT2D eigenvalue weighted by Gasteiger charge is 2.37. The Morgan fingerprint density at radius 2 is 1.89 bits per heavy atom. The zero-order chi connectivity index (χ0) is 24.9. The molecule has 5 rings (SSSR count). The van der Waals surface area contributed by atoms with E-state index < -0.39 is 17.4 Å². The fourth-order valence-electron chi connectivity index (χ4n) is 4.01. The number of nitrogens with zero attached hydrogens (tertiary/aromatic N) is 6. The molecule has 0 saturated carbocycles. The molecule has 1 aliphatic heterocycles. The number of anilines is 4. The van der Waals surface area contributed by atoms with Crippen LogP contribution >= 0.6 is 0 Å². The first-order chi connectivity index (χ1) is 16.6. The van der Waals surface area contributed by atoms with Gasteiger partial charge < -0.3 is 21.7 Å². The van der Waals surface area contributed by atoms with Gasteiger partial charge in [0.2, 0.25) is 5.91 Å². The average molecular weight is 483 g/mol. The molecule has 4 aromatic heterocycles. The molecule has 0 radical (unpaired) electrons. The molecule has 180 valence electrons. The number of aromatic nitrogens is 5. The van der Waals surface area contributed by atoms with Gasteiger partial charge in [-0.15, -0.1) is 0 Å². The van der Waals surface area contributed by atoms with E-state index in [9.17, 15) is 18.0 Å². The maximum atomic E-state index is 13.7. The number of carbonyl (C=O) groups excluding carboxylic acids is 1. The van der Waals surface area contributed by atoms with E-state index in [1.165, 1.54) is 12.3 Å². The first-order valence-corrected chi connectivity index (χ1v) is 10.5. The first-order valence-electron chi connectivity index (χ1n) is 10.5. The summed E-state index contributed by atoms with van der Waals surface area (Å²) in [5.41, 5.74) is 10.7. The molecule has 0 bridgehead atoms. The van der Waals surface area contributed by atoms with Crippen molar-refractivity contribution in [3.8, 4) is 11.3 Å². The highest BCUT2D eigenvalue weighted by atomic mass is 19.4. The molecule has 0 spiro atoms. The second kappa shape index (κ2) is 8.11. The molecule has 0 aromatic carbocycles. The lowest BCUT2D eigenvalue weighted by molar-refractivity contribution is -0.136. The standard InChI is InChI=1S/C22H20F3N9O/c1-33-3-2-12-6-18(32-34(12)10-19(33)35)31-17-5-11-4-16(30-21(27)13(11)8-29-17)14-7-28-9-15(26)20(14)22(23,24)25/h4-9H,2-3,10,26H2,1H3,(H2,27,30)(H,29,31,32). The molecular weight excluding hydrogens is 463 g/mol. The third-order valence-corrected chi connectivity index (χ3v) is 5.81. The summed E-state index contributed by atoms with van der Waals surface area (Å²) < 4.78 is 42.6. The summed E-state index contributed by atoms with van der Waals surface area (Å²) in [5, 5.41) is 8.50. The van der Waals surface area contributed by atoms with Crippen molar-refractivity contribution in [2.75, 3.05) is 30.4 Å². The SMILES string of the molecule is CN1CCc2cc(Nc3cc4cc(-c5cncc(N)c5C(F)(F)F)nc(N)c4cn3)nn2CC1=O. The Morgan fingerprint density at radius 3 is 2.66 bits per heavy atom. The van der Waals surface area contributed by atoms with Gasteiger partial charge in [0.05, 0.1) is 23.1 Å². The number of carbonyl (C=O) groups is 1. The number of halogens is 3. The van der Waals surface area contributed by atoms with Gasteiger partial charge in [0.1, 0.15) is 18.2 Å². The van der Waals surface area contributed by atoms with Crippen molar-refractivity contribution in [3.05, 3.63) is 48.0 Å². The maximum Gasteiger partial charge on any atom is 0.419 e. The van der Waals surface area contributed by atoms with E-state index in [2.05, 4.69) is 25.4 Å². The Hall–Kier alpha value is -4.42. The van der Waals surface area contributed by atoms with Crippen molar-refractivity contribution in [3.63, 3.8) is 0 Å². The third-order valence-electron chi connectivity index (χ3n) is 5.81. The zero-order valence-corrected chi connectivity index (χ0v) is 18.5. The van der Waals surface area contributed by atoms with E-state index in [1.54, 1.807) is 22.7 Å². The fourth-order valence-corrected chi connectivity index (χ4v) is 4.01. The van der Waals surface area contributed by atoms with E-state index in [4.69, 9.17) is 11.5 Å². The van der Waals surface area contributed by atoms with Gasteiger partial charge in [-0.2, -0.15) is 18.3 Å². The molecule has 4 aromatic rings. The molecule has 1 aliphatic rings. The van der Waals surface area contributed by atoms with Crippen LogP contribution in [0, 0.1) is 0 Å². The van der Waals surface area contributed by atoms with Crippen LogP contribution in [0.1, 0.15) is 11.3 Å². The minimum absolute atomic E-state index is 0.0171. The molecule has 10 nitrogen and oxygen atoms in total. The van der Waals surface area contributed by atoms with Gasteiger partial charge in [-0.1, -0.05) is 0 Å². The fraction of sp³-hybridized carbons (Fsp3) is 0.227. The van der Waals surface area contributed by atoms with Crippen LogP contribution in [0.3, 0.4) is 0 Å². The number of rotatable bonds is 3. The van der Waals surface area contributed by atoms with Crippen molar-refractivity contribution in [1.29, 1.82) is 0 Å². The van der Waals surface area contributed by atoms with Crippen molar-refractivity contribution >= 4 is 39.8 Å². The Bertz CT molecular complexity index is 1460. The van der Waals surface area contributed by atoms with Crippen molar-refractivity contribution in [2.24, 2.45) is 0 Å². The number of nitrogens with one attached hydrogen (secondary N) is 1. The molecule has 0 aliphatic carbocycles. The zero-order valence-electron chi connectivity index (χ0n) is 18.5. The predicted octanol–water partition coefficient (Wildman–Crippen LogP) is 2.83. The number of likely N-dealkylation sites (N-methyl/N-ethyl adjacent to an activating group) is 1. The van der Waals surface area contributed by atoms with E-state index in [1.807, 2.05) is 6.07 Å². The van der Waals surface area contributed by atoms with E-state index in [0.717, 1.165) is 18.1 Å². The molecular formula is C22H20F3N9O. The largest absolute Gasteiger partial charge is 0.419 e. The predicted molar refractivity (Wildman–Crippen MR) is 123 cm³/mol. The molecule has 13 heteroatoms. The van der Waals surface area contributed by atoms with Crippen LogP contribution in [-0.4, -0.2) is 49.1 Å². The van der Waals surface area contributed by atoms with Gasteiger partial charge in [-0.25, -0.2) is 9.97 Å². The van der Waals surface area contributed by atoms with Gasteiger partial charge in [-0.3, -0.25) is 14.5 Å². The summed E-state index contributed by atoms with van der Waals surface area (Å²) in [6.45, 7) is 0.728. The molecule has 0 unspecified atom stereocenters. The number of hydrogen-bond donors (Lipinski definition) is 3. The summed E-state index contributed by atoms with van der Waals surface area (Å²) in [6.07, 6.45) is -0.562. The Kier molecular flexibility index (Phi) is 5.19. The van der Waals surface area contributed by atoms with Crippen LogP contribution in [0.5, 0.6) is 0 Å². The van der Waals surface area contributed by atoms with Crippen LogP contribution in [0.2, 0.25) is 0 Å². The Morgan fingerprint density at radius 1 is 1.09 bits per heavy atom. The number of alkyl halides is 3. The van der Waals surface area contributed by atoms with Gasteiger partial charge in [0, 0.05) is 55.1 Å². The Balaban J connectivity index is 1.52. The van der Waals surface area contributed by atoms with Gasteiger partial charge in [-0.05, 0) is 17.5 Å². The highest BCUT2D eigenvalue weighted by molar-refractivity contribution is 5.95. The summed E-state index contributed by atoms with van der Waals surface area (Å²) in [4.78, 5) is 26.0. The van der Waals surface area contributed by atoms with Crippen LogP contribution in [0.25, 0.3) is 22.0 Å². The number of hydrogen-bond acceptors (Lipinski definition) is 8. The molecule has 0 saturated heterocycles. The molecule has 35 heavy (non-hydrogen) atoms. The second-order valence-corrected chi connectivity index (χ2v) is 8.20. The van der Waals surface area contributed by atoms with Crippen LogP contribution < -0.4 is 16.8 Å². The summed E-state index contributed by atoms with van der Waals surface area (Å²) in [5.74, 6) is 0.869. The monoisotopic (exact) mass is 483 g/mol. The van der Waals surface area contributed by atoms with Crippen molar-refractivity contribution in [1.82, 2.24) is 29.6 Å². The summed E-state index contributed by atoms with van der Waals surface area (Å²) in [6, 6.07) is 4.94. The van der Waals surface area contributed by atoms with Crippen LogP contribution in [0.15, 0.2) is 36.8 Å². The normalized spacial score (nSPS) is 14.2. The highest BCUT2D eigenvalue weighted by Crippen LogP contribution is 2.40. The lowest BCUT2D eigenvalue weighted by Crippen LogP contribution is -2.29. The van der Waals surface area contributed by atoms with Crippen LogP contribution in [-0.2, 0) is 23.9 Å². The Labute approximate surface area is 196 Å². The maximum absolute atomic E-state index is 13.7. The number of nitrogen functional groups attached to an aromatic ring is 2. The molecule has 5 N–H and O–H groups in total. The van der Waals surface area contributed by atoms with E-state index in [-0.39, 0.29) is 29.5 Å². The topological polar surface area (TPSA) is 141 Å². The van der Waals surface area contributed by atoms with Gasteiger partial charge in [0.15, 0.2) is 5.82 Å². The number of pyridine rings is 3. The molecule has 1 amide bonds. The molecule has 0 atom stereocenters. The number of amides is 1. The van der Waals surface area contributed by atoms with Gasteiger partial charge >= 0.3 is 6.18 Å². The number of nitrogens with two attached hydrogens (primary N) is 2. The van der Waals surface area contributed by atoms with Crippen LogP contribution in [0.4, 0.5) is 36.3 Å². The summed E-state index contributed by atoms with van der Waals surface area (Å²) >= 11 is 0. The second-order valence-electron chi connectivity index (χ2n) is 8.20. The lowest BCUT2D eigenvalue weighted by atomic mass is 10.0. The quantitative estimate of drug-likeness (QED) is 0.404. The third kappa shape index (κ3) is 4.16. The average Bonchev–Trinajstić information content (AvgIpc) is 3.10. The van der Waals surface area contributed by atoms with E-state index >= 15 is 0 Å². The summed E-state index contributed by atoms with van der Waals surface area (Å²) in [7, 11) is 1.75. The van der Waals surface area contributed by atoms with Crippen molar-refractivity contribution in [2.45, 2.75) is 19.1 Å². The first kappa shape index (κ1) is 22.4.